The van der Waals surface area contributed by atoms with Crippen molar-refractivity contribution in [3.8, 4) is 0 Å². The standard InChI is InChI=1S/C19H27N3O2/c20-18-3-1-2-17(14-18)5-4-16-6-8-22(9-7-16)19(23)15-21-10-12-24-13-11-21/h1-5,14,16H,6-13,15,20H2/b5-4-. The number of ether oxygens (including phenoxy) is 1. The molecule has 0 unspecified atom stereocenters. The summed E-state index contributed by atoms with van der Waals surface area (Å²) in [6, 6.07) is 7.92. The van der Waals surface area contributed by atoms with Crippen molar-refractivity contribution in [3.05, 3.63) is 35.9 Å². The number of piperidine rings is 1. The molecule has 0 saturated carbocycles. The summed E-state index contributed by atoms with van der Waals surface area (Å²) in [5.41, 5.74) is 7.74. The molecule has 0 spiro atoms. The van der Waals surface area contributed by atoms with Crippen molar-refractivity contribution >= 4 is 17.7 Å². The Hall–Kier alpha value is -1.85. The summed E-state index contributed by atoms with van der Waals surface area (Å²) >= 11 is 0. The van der Waals surface area contributed by atoms with E-state index in [0.717, 1.165) is 63.5 Å². The Morgan fingerprint density at radius 2 is 1.96 bits per heavy atom. The van der Waals surface area contributed by atoms with Crippen LogP contribution in [0.4, 0.5) is 5.69 Å². The molecule has 2 saturated heterocycles. The fraction of sp³-hybridized carbons (Fsp3) is 0.526. The van der Waals surface area contributed by atoms with Gasteiger partial charge >= 0.3 is 0 Å². The smallest absolute Gasteiger partial charge is 0.236 e. The van der Waals surface area contributed by atoms with Crippen LogP contribution in [0.5, 0.6) is 0 Å². The lowest BCUT2D eigenvalue weighted by atomic mass is 9.95. The molecular formula is C19H27N3O2. The Morgan fingerprint density at radius 1 is 1.21 bits per heavy atom. The van der Waals surface area contributed by atoms with Gasteiger partial charge in [-0.15, -0.1) is 0 Å². The maximum absolute atomic E-state index is 12.4. The third-order valence-corrected chi connectivity index (χ3v) is 4.83. The number of allylic oxidation sites excluding steroid dienone is 1. The maximum atomic E-state index is 12.4. The molecule has 1 amide bonds. The molecule has 1 aromatic carbocycles. The highest BCUT2D eigenvalue weighted by atomic mass is 16.5. The number of hydrogen-bond donors (Lipinski definition) is 1. The molecule has 0 atom stereocenters. The van der Waals surface area contributed by atoms with Crippen molar-refractivity contribution in [2.45, 2.75) is 12.8 Å². The van der Waals surface area contributed by atoms with Gasteiger partial charge in [-0.1, -0.05) is 24.3 Å². The van der Waals surface area contributed by atoms with Crippen molar-refractivity contribution in [1.29, 1.82) is 0 Å². The Morgan fingerprint density at radius 3 is 2.67 bits per heavy atom. The van der Waals surface area contributed by atoms with E-state index in [4.69, 9.17) is 10.5 Å². The number of morpholine rings is 1. The van der Waals surface area contributed by atoms with Crippen LogP contribution in [0.2, 0.25) is 0 Å². The van der Waals surface area contributed by atoms with Gasteiger partial charge in [0.2, 0.25) is 5.91 Å². The van der Waals surface area contributed by atoms with Crippen molar-refractivity contribution in [2.24, 2.45) is 5.92 Å². The van der Waals surface area contributed by atoms with Gasteiger partial charge in [0.05, 0.1) is 19.8 Å². The number of likely N-dealkylation sites (tertiary alicyclic amines) is 1. The zero-order valence-corrected chi connectivity index (χ0v) is 14.2. The van der Waals surface area contributed by atoms with E-state index in [2.05, 4.69) is 23.1 Å². The molecule has 130 valence electrons. The van der Waals surface area contributed by atoms with Gasteiger partial charge in [0, 0.05) is 31.9 Å². The van der Waals surface area contributed by atoms with Crippen LogP contribution in [0.3, 0.4) is 0 Å². The molecule has 5 heteroatoms. The quantitative estimate of drug-likeness (QED) is 0.857. The van der Waals surface area contributed by atoms with Crippen LogP contribution in [0.15, 0.2) is 30.3 Å². The molecule has 0 aromatic heterocycles. The van der Waals surface area contributed by atoms with Gasteiger partial charge in [-0.05, 0) is 36.5 Å². The molecule has 24 heavy (non-hydrogen) atoms. The average molecular weight is 329 g/mol. The largest absolute Gasteiger partial charge is 0.399 e. The van der Waals surface area contributed by atoms with Crippen molar-refractivity contribution in [3.63, 3.8) is 0 Å². The highest BCUT2D eigenvalue weighted by Crippen LogP contribution is 2.20. The lowest BCUT2D eigenvalue weighted by Crippen LogP contribution is -2.46. The summed E-state index contributed by atoms with van der Waals surface area (Å²) in [7, 11) is 0. The van der Waals surface area contributed by atoms with E-state index in [-0.39, 0.29) is 5.91 Å². The van der Waals surface area contributed by atoms with Gasteiger partial charge < -0.3 is 15.4 Å². The molecule has 5 nitrogen and oxygen atoms in total. The summed E-state index contributed by atoms with van der Waals surface area (Å²) in [5.74, 6) is 0.800. The van der Waals surface area contributed by atoms with Crippen LogP contribution >= 0.6 is 0 Å². The highest BCUT2D eigenvalue weighted by Gasteiger charge is 2.23. The summed E-state index contributed by atoms with van der Waals surface area (Å²) in [6.45, 7) is 5.46. The molecule has 1 aromatic rings. The topological polar surface area (TPSA) is 58.8 Å². The number of nitrogens with zero attached hydrogens (tertiary/aromatic N) is 2. The Labute approximate surface area is 144 Å². The zero-order valence-electron chi connectivity index (χ0n) is 14.2. The van der Waals surface area contributed by atoms with Crippen LogP contribution in [-0.2, 0) is 9.53 Å². The third-order valence-electron chi connectivity index (χ3n) is 4.83. The number of nitrogens with two attached hydrogens (primary N) is 1. The van der Waals surface area contributed by atoms with Crippen LogP contribution in [0, 0.1) is 5.92 Å². The minimum Gasteiger partial charge on any atom is -0.399 e. The molecule has 2 heterocycles. The number of carbonyl (C=O) groups is 1. The van der Waals surface area contributed by atoms with E-state index in [1.165, 1.54) is 0 Å². The van der Waals surface area contributed by atoms with Crippen LogP contribution in [-0.4, -0.2) is 61.6 Å². The predicted molar refractivity (Wildman–Crippen MR) is 96.5 cm³/mol. The molecule has 2 N–H and O–H groups in total. The van der Waals surface area contributed by atoms with Crippen LogP contribution in [0.1, 0.15) is 18.4 Å². The second-order valence-electron chi connectivity index (χ2n) is 6.64. The minimum absolute atomic E-state index is 0.259. The van der Waals surface area contributed by atoms with Crippen LogP contribution in [0.25, 0.3) is 6.08 Å². The molecule has 0 aliphatic carbocycles. The van der Waals surface area contributed by atoms with E-state index >= 15 is 0 Å². The van der Waals surface area contributed by atoms with Gasteiger partial charge in [-0.2, -0.15) is 0 Å². The summed E-state index contributed by atoms with van der Waals surface area (Å²) in [5, 5.41) is 0. The molecule has 0 bridgehead atoms. The first-order valence-electron chi connectivity index (χ1n) is 8.82. The number of anilines is 1. The molecule has 2 aliphatic rings. The van der Waals surface area contributed by atoms with E-state index in [0.29, 0.717) is 12.5 Å². The zero-order chi connectivity index (χ0) is 16.8. The maximum Gasteiger partial charge on any atom is 0.236 e. The van der Waals surface area contributed by atoms with Crippen molar-refractivity contribution in [1.82, 2.24) is 9.80 Å². The number of benzene rings is 1. The normalized spacial score (nSPS) is 20.6. The lowest BCUT2D eigenvalue weighted by Gasteiger charge is -2.33. The van der Waals surface area contributed by atoms with Crippen molar-refractivity contribution < 1.29 is 9.53 Å². The number of nitrogen functional groups attached to an aromatic ring is 1. The molecule has 0 radical (unpaired) electrons. The second-order valence-corrected chi connectivity index (χ2v) is 6.64. The van der Waals surface area contributed by atoms with Gasteiger partial charge in [0.15, 0.2) is 0 Å². The number of hydrogen-bond acceptors (Lipinski definition) is 4. The first-order valence-corrected chi connectivity index (χ1v) is 8.82. The molecule has 3 rings (SSSR count). The highest BCUT2D eigenvalue weighted by molar-refractivity contribution is 5.78. The summed E-state index contributed by atoms with van der Waals surface area (Å²) < 4.78 is 5.33. The van der Waals surface area contributed by atoms with Crippen LogP contribution < -0.4 is 5.73 Å². The fourth-order valence-electron chi connectivity index (χ4n) is 3.30. The Bertz CT molecular complexity index is 574. The number of carbonyl (C=O) groups excluding carboxylic acids is 1. The Kier molecular flexibility index (Phi) is 5.88. The molecular weight excluding hydrogens is 302 g/mol. The van der Waals surface area contributed by atoms with E-state index < -0.39 is 0 Å². The third kappa shape index (κ3) is 4.82. The first kappa shape index (κ1) is 17.0. The minimum atomic E-state index is 0.259. The van der Waals surface area contributed by atoms with E-state index in [1.807, 2.05) is 23.1 Å². The number of rotatable bonds is 4. The monoisotopic (exact) mass is 329 g/mol. The predicted octanol–water partition coefficient (Wildman–Crippen LogP) is 1.85. The molecule has 2 aliphatic heterocycles. The van der Waals surface area contributed by atoms with E-state index in [9.17, 15) is 4.79 Å². The molecule has 2 fully saturated rings. The fourth-order valence-corrected chi connectivity index (χ4v) is 3.30. The van der Waals surface area contributed by atoms with Gasteiger partial charge in [0.25, 0.3) is 0 Å². The van der Waals surface area contributed by atoms with E-state index in [1.54, 1.807) is 0 Å². The average Bonchev–Trinajstić information content (AvgIpc) is 2.61. The first-order chi connectivity index (χ1) is 11.7. The second kappa shape index (κ2) is 8.31. The van der Waals surface area contributed by atoms with Gasteiger partial charge in [-0.3, -0.25) is 9.69 Å². The summed E-state index contributed by atoms with van der Waals surface area (Å²) in [6.07, 6.45) is 6.48. The van der Waals surface area contributed by atoms with Crippen molar-refractivity contribution in [2.75, 3.05) is 51.7 Å². The lowest BCUT2D eigenvalue weighted by molar-refractivity contribution is -0.134. The number of amides is 1. The van der Waals surface area contributed by atoms with Gasteiger partial charge in [0.1, 0.15) is 0 Å². The Balaban J connectivity index is 1.44. The summed E-state index contributed by atoms with van der Waals surface area (Å²) in [4.78, 5) is 16.6. The SMILES string of the molecule is Nc1cccc(/C=C\C2CCN(C(=O)CN3CCOCC3)CC2)c1. The van der Waals surface area contributed by atoms with Gasteiger partial charge in [-0.25, -0.2) is 0 Å².